The lowest BCUT2D eigenvalue weighted by molar-refractivity contribution is -0.139. The van der Waals surface area contributed by atoms with Crippen LogP contribution in [0.2, 0.25) is 0 Å². The van der Waals surface area contributed by atoms with E-state index < -0.39 is 0 Å². The van der Waals surface area contributed by atoms with E-state index in [2.05, 4.69) is 0 Å². The molecule has 0 radical (unpaired) electrons. The fourth-order valence-electron chi connectivity index (χ4n) is 1.09. The predicted octanol–water partition coefficient (Wildman–Crippen LogP) is 0.627. The van der Waals surface area contributed by atoms with E-state index in [-0.39, 0.29) is 35.5 Å². The van der Waals surface area contributed by atoms with E-state index >= 15 is 0 Å². The molecule has 0 aliphatic rings. The molecule has 3 N–H and O–H groups in total. The van der Waals surface area contributed by atoms with Crippen molar-refractivity contribution in [3.05, 3.63) is 0 Å². The molecule has 0 aromatic heterocycles. The van der Waals surface area contributed by atoms with Gasteiger partial charge < -0.3 is 15.6 Å². The molecule has 0 heterocycles. The zero-order valence-corrected chi connectivity index (χ0v) is 10.4. The van der Waals surface area contributed by atoms with Crippen molar-refractivity contribution < 1.29 is 14.6 Å². The van der Waals surface area contributed by atoms with E-state index in [0.717, 1.165) is 0 Å². The first kappa shape index (κ1) is 14.7. The average Bonchev–Trinajstić information content (AvgIpc) is 2.18. The molecule has 0 aliphatic heterocycles. The number of ether oxygens (including phenoxy) is 1. The fourth-order valence-corrected chi connectivity index (χ4v) is 2.17. The summed E-state index contributed by atoms with van der Waals surface area (Å²) >= 11 is 1.36. The Labute approximate surface area is 95.6 Å². The molecule has 0 aromatic carbocycles. The Kier molecular flexibility index (Phi) is 7.82. The topological polar surface area (TPSA) is 72.5 Å². The van der Waals surface area contributed by atoms with Gasteiger partial charge in [-0.25, -0.2) is 0 Å². The summed E-state index contributed by atoms with van der Waals surface area (Å²) in [6.07, 6.45) is 0. The Balaban J connectivity index is 3.94. The Hall–Kier alpha value is -0.260. The molecule has 2 unspecified atom stereocenters. The van der Waals surface area contributed by atoms with E-state index in [0.29, 0.717) is 6.61 Å². The van der Waals surface area contributed by atoms with Gasteiger partial charge in [-0.1, -0.05) is 13.8 Å². The van der Waals surface area contributed by atoms with Crippen molar-refractivity contribution in [1.29, 1.82) is 0 Å². The maximum atomic E-state index is 11.1. The first-order chi connectivity index (χ1) is 7.02. The number of esters is 1. The lowest BCUT2D eigenvalue weighted by atomic mass is 10.0. The smallest absolute Gasteiger partial charge is 0.315 e. The van der Waals surface area contributed by atoms with E-state index in [9.17, 15) is 4.79 Å². The minimum Gasteiger partial charge on any atom is -0.465 e. The van der Waals surface area contributed by atoms with Gasteiger partial charge in [0.15, 0.2) is 0 Å². The summed E-state index contributed by atoms with van der Waals surface area (Å²) in [6, 6.07) is -0.102. The van der Waals surface area contributed by atoms with Crippen molar-refractivity contribution in [3.8, 4) is 0 Å². The second kappa shape index (κ2) is 7.96. The molecule has 0 saturated heterocycles. The number of rotatable bonds is 7. The molecule has 0 aromatic rings. The van der Waals surface area contributed by atoms with Crippen LogP contribution in [0.4, 0.5) is 0 Å². The van der Waals surface area contributed by atoms with Crippen LogP contribution in [-0.2, 0) is 9.53 Å². The molecule has 2 atom stereocenters. The van der Waals surface area contributed by atoms with Crippen LogP contribution in [0.1, 0.15) is 20.8 Å². The number of hydrogen-bond donors (Lipinski definition) is 2. The zero-order chi connectivity index (χ0) is 11.8. The molecular weight excluding hydrogens is 214 g/mol. The van der Waals surface area contributed by atoms with Gasteiger partial charge in [-0.2, -0.15) is 0 Å². The summed E-state index contributed by atoms with van der Waals surface area (Å²) in [5, 5.41) is 9.03. The number of hydrogen-bond acceptors (Lipinski definition) is 5. The third kappa shape index (κ3) is 6.02. The van der Waals surface area contributed by atoms with Gasteiger partial charge in [-0.05, 0) is 12.8 Å². The molecule has 5 heteroatoms. The van der Waals surface area contributed by atoms with Crippen molar-refractivity contribution in [3.63, 3.8) is 0 Å². The summed E-state index contributed by atoms with van der Waals surface area (Å²) in [5.74, 6) is 0.285. The Bertz CT molecular complexity index is 188. The van der Waals surface area contributed by atoms with Crippen molar-refractivity contribution in [1.82, 2.24) is 0 Å². The first-order valence-corrected chi connectivity index (χ1v) is 6.21. The first-order valence-electron chi connectivity index (χ1n) is 5.16. The SMILES string of the molecule is CCOC(=O)CSC(CO)C(N)C(C)C. The van der Waals surface area contributed by atoms with Gasteiger partial charge in [0, 0.05) is 11.3 Å². The largest absolute Gasteiger partial charge is 0.465 e. The van der Waals surface area contributed by atoms with Gasteiger partial charge in [-0.3, -0.25) is 4.79 Å². The second-order valence-electron chi connectivity index (χ2n) is 3.66. The summed E-state index contributed by atoms with van der Waals surface area (Å²) in [5.41, 5.74) is 5.90. The third-order valence-corrected chi connectivity index (χ3v) is 3.39. The molecule has 0 aliphatic carbocycles. The van der Waals surface area contributed by atoms with Crippen molar-refractivity contribution >= 4 is 17.7 Å². The van der Waals surface area contributed by atoms with Crippen LogP contribution in [0.3, 0.4) is 0 Å². The highest BCUT2D eigenvalue weighted by molar-refractivity contribution is 8.00. The van der Waals surface area contributed by atoms with Crippen LogP contribution in [0.5, 0.6) is 0 Å². The highest BCUT2D eigenvalue weighted by Crippen LogP contribution is 2.18. The molecule has 0 spiro atoms. The van der Waals surface area contributed by atoms with E-state index in [1.54, 1.807) is 6.92 Å². The van der Waals surface area contributed by atoms with Crippen LogP contribution in [0.15, 0.2) is 0 Å². The highest BCUT2D eigenvalue weighted by atomic mass is 32.2. The van der Waals surface area contributed by atoms with Crippen LogP contribution < -0.4 is 5.73 Å². The minimum atomic E-state index is -0.253. The van der Waals surface area contributed by atoms with E-state index in [1.165, 1.54) is 11.8 Å². The van der Waals surface area contributed by atoms with Crippen molar-refractivity contribution in [2.75, 3.05) is 19.0 Å². The number of carbonyl (C=O) groups is 1. The van der Waals surface area contributed by atoms with Crippen LogP contribution in [0, 0.1) is 5.92 Å². The standard InChI is InChI=1S/C10H21NO3S/c1-4-14-9(13)6-15-8(5-12)10(11)7(2)3/h7-8,10,12H,4-6,11H2,1-3H3. The quantitative estimate of drug-likeness (QED) is 0.633. The maximum Gasteiger partial charge on any atom is 0.315 e. The molecule has 0 rings (SSSR count). The van der Waals surface area contributed by atoms with Gasteiger partial charge >= 0.3 is 5.97 Å². The average molecular weight is 235 g/mol. The molecule has 0 saturated carbocycles. The Morgan fingerprint density at radius 2 is 2.13 bits per heavy atom. The lowest BCUT2D eigenvalue weighted by Crippen LogP contribution is -2.40. The maximum absolute atomic E-state index is 11.1. The van der Waals surface area contributed by atoms with Crippen LogP contribution >= 0.6 is 11.8 Å². The van der Waals surface area contributed by atoms with Gasteiger partial charge in [-0.15, -0.1) is 11.8 Å². The Morgan fingerprint density at radius 3 is 2.53 bits per heavy atom. The van der Waals surface area contributed by atoms with Gasteiger partial charge in [0.2, 0.25) is 0 Å². The second-order valence-corrected chi connectivity index (χ2v) is 4.89. The summed E-state index contributed by atoms with van der Waals surface area (Å²) < 4.78 is 4.79. The summed E-state index contributed by atoms with van der Waals surface area (Å²) in [7, 11) is 0. The number of aliphatic hydroxyl groups excluding tert-OH is 1. The van der Waals surface area contributed by atoms with Gasteiger partial charge in [0.05, 0.1) is 19.0 Å². The number of nitrogens with two attached hydrogens (primary N) is 1. The molecule has 4 nitrogen and oxygen atoms in total. The minimum absolute atomic E-state index is 0.0105. The third-order valence-electron chi connectivity index (χ3n) is 2.10. The number of carbonyl (C=O) groups excluding carboxylic acids is 1. The highest BCUT2D eigenvalue weighted by Gasteiger charge is 2.21. The Morgan fingerprint density at radius 1 is 1.53 bits per heavy atom. The molecule has 0 bridgehead atoms. The fraction of sp³-hybridized carbons (Fsp3) is 0.900. The molecular formula is C10H21NO3S. The number of thioether (sulfide) groups is 1. The summed E-state index contributed by atoms with van der Waals surface area (Å²) in [4.78, 5) is 11.1. The number of aliphatic hydroxyl groups is 1. The van der Waals surface area contributed by atoms with E-state index in [1.807, 2.05) is 13.8 Å². The van der Waals surface area contributed by atoms with Crippen LogP contribution in [0.25, 0.3) is 0 Å². The van der Waals surface area contributed by atoms with E-state index in [4.69, 9.17) is 15.6 Å². The summed E-state index contributed by atoms with van der Waals surface area (Å²) in [6.45, 7) is 6.14. The van der Waals surface area contributed by atoms with Gasteiger partial charge in [0.1, 0.15) is 0 Å². The lowest BCUT2D eigenvalue weighted by Gasteiger charge is -2.24. The monoisotopic (exact) mass is 235 g/mol. The molecule has 15 heavy (non-hydrogen) atoms. The molecule has 90 valence electrons. The molecule has 0 fully saturated rings. The van der Waals surface area contributed by atoms with Gasteiger partial charge in [0.25, 0.3) is 0 Å². The normalized spacial score (nSPS) is 15.1. The van der Waals surface area contributed by atoms with Crippen LogP contribution in [-0.4, -0.2) is 41.3 Å². The zero-order valence-electron chi connectivity index (χ0n) is 9.60. The van der Waals surface area contributed by atoms with Crippen molar-refractivity contribution in [2.24, 2.45) is 11.7 Å². The predicted molar refractivity (Wildman–Crippen MR) is 62.8 cm³/mol. The van der Waals surface area contributed by atoms with Crippen molar-refractivity contribution in [2.45, 2.75) is 32.1 Å². The molecule has 0 amide bonds.